The SMILES string of the molecule is CN(C)CC1CCCN1CCCc1ccc(N)cc1. The molecule has 2 rings (SSSR count). The van der Waals surface area contributed by atoms with E-state index in [1.165, 1.54) is 44.5 Å². The number of benzene rings is 1. The maximum absolute atomic E-state index is 5.71. The van der Waals surface area contributed by atoms with Crippen LogP contribution in [-0.4, -0.2) is 49.6 Å². The number of aryl methyl sites for hydroxylation is 1. The number of nitrogens with zero attached hydrogens (tertiary/aromatic N) is 2. The molecule has 0 aliphatic carbocycles. The summed E-state index contributed by atoms with van der Waals surface area (Å²) in [6, 6.07) is 9.06. The maximum Gasteiger partial charge on any atom is 0.0314 e. The molecule has 106 valence electrons. The maximum atomic E-state index is 5.71. The van der Waals surface area contributed by atoms with E-state index in [-0.39, 0.29) is 0 Å². The molecule has 1 aromatic carbocycles. The fraction of sp³-hybridized carbons (Fsp3) is 0.625. The Kier molecular flexibility index (Phi) is 5.23. The van der Waals surface area contributed by atoms with E-state index in [2.05, 4.69) is 36.0 Å². The van der Waals surface area contributed by atoms with E-state index in [9.17, 15) is 0 Å². The number of rotatable bonds is 6. The number of anilines is 1. The predicted octanol–water partition coefficient (Wildman–Crippen LogP) is 2.23. The number of hydrogen-bond donors (Lipinski definition) is 1. The predicted molar refractivity (Wildman–Crippen MR) is 82.3 cm³/mol. The van der Waals surface area contributed by atoms with E-state index in [1.54, 1.807) is 0 Å². The molecule has 0 bridgehead atoms. The van der Waals surface area contributed by atoms with Gasteiger partial charge in [0.25, 0.3) is 0 Å². The Morgan fingerprint density at radius 1 is 1.26 bits per heavy atom. The standard InChI is InChI=1S/C16H27N3/c1-18(2)13-16-6-4-12-19(16)11-3-5-14-7-9-15(17)10-8-14/h7-10,16H,3-6,11-13,17H2,1-2H3. The van der Waals surface area contributed by atoms with Gasteiger partial charge in [0.1, 0.15) is 0 Å². The molecule has 1 atom stereocenters. The third-order valence-corrected chi connectivity index (χ3v) is 3.97. The van der Waals surface area contributed by atoms with Crippen molar-refractivity contribution in [1.82, 2.24) is 9.80 Å². The van der Waals surface area contributed by atoms with Gasteiger partial charge >= 0.3 is 0 Å². The molecule has 1 unspecified atom stereocenters. The zero-order chi connectivity index (χ0) is 13.7. The van der Waals surface area contributed by atoms with Crippen molar-refractivity contribution in [3.8, 4) is 0 Å². The van der Waals surface area contributed by atoms with Gasteiger partial charge in [0.2, 0.25) is 0 Å². The first-order chi connectivity index (χ1) is 9.15. The minimum absolute atomic E-state index is 0.765. The van der Waals surface area contributed by atoms with E-state index >= 15 is 0 Å². The third-order valence-electron chi connectivity index (χ3n) is 3.97. The van der Waals surface area contributed by atoms with Gasteiger partial charge in [0, 0.05) is 18.3 Å². The summed E-state index contributed by atoms with van der Waals surface area (Å²) in [5, 5.41) is 0. The molecule has 0 spiro atoms. The quantitative estimate of drug-likeness (QED) is 0.797. The summed E-state index contributed by atoms with van der Waals surface area (Å²) in [4.78, 5) is 4.97. The van der Waals surface area contributed by atoms with Crippen LogP contribution in [0.2, 0.25) is 0 Å². The van der Waals surface area contributed by atoms with Gasteiger partial charge in [-0.1, -0.05) is 12.1 Å². The third kappa shape index (κ3) is 4.51. The number of nitrogens with two attached hydrogens (primary N) is 1. The van der Waals surface area contributed by atoms with Crippen molar-refractivity contribution in [3.63, 3.8) is 0 Å². The van der Waals surface area contributed by atoms with E-state index < -0.39 is 0 Å². The largest absolute Gasteiger partial charge is 0.399 e. The van der Waals surface area contributed by atoms with Crippen LogP contribution in [0.15, 0.2) is 24.3 Å². The minimum Gasteiger partial charge on any atom is -0.399 e. The summed E-state index contributed by atoms with van der Waals surface area (Å²) in [5.74, 6) is 0. The lowest BCUT2D eigenvalue weighted by Crippen LogP contribution is -2.38. The monoisotopic (exact) mass is 261 g/mol. The van der Waals surface area contributed by atoms with Crippen molar-refractivity contribution in [2.75, 3.05) is 39.5 Å². The van der Waals surface area contributed by atoms with Gasteiger partial charge in [-0.05, 0) is 70.6 Å². The Bertz CT molecular complexity index is 372. The van der Waals surface area contributed by atoms with Crippen molar-refractivity contribution in [2.24, 2.45) is 0 Å². The molecule has 3 nitrogen and oxygen atoms in total. The first-order valence-corrected chi connectivity index (χ1v) is 7.38. The summed E-state index contributed by atoms with van der Waals surface area (Å²) >= 11 is 0. The van der Waals surface area contributed by atoms with Crippen molar-refractivity contribution < 1.29 is 0 Å². The second-order valence-electron chi connectivity index (χ2n) is 5.94. The van der Waals surface area contributed by atoms with Gasteiger partial charge in [-0.3, -0.25) is 4.90 Å². The van der Waals surface area contributed by atoms with Gasteiger partial charge in [0.05, 0.1) is 0 Å². The molecule has 0 radical (unpaired) electrons. The molecular formula is C16H27N3. The summed E-state index contributed by atoms with van der Waals surface area (Å²) in [6.45, 7) is 3.70. The zero-order valence-corrected chi connectivity index (χ0v) is 12.3. The smallest absolute Gasteiger partial charge is 0.0314 e. The van der Waals surface area contributed by atoms with Gasteiger partial charge in [0.15, 0.2) is 0 Å². The molecule has 0 saturated carbocycles. The highest BCUT2D eigenvalue weighted by Gasteiger charge is 2.23. The Morgan fingerprint density at radius 3 is 2.68 bits per heavy atom. The lowest BCUT2D eigenvalue weighted by molar-refractivity contribution is 0.206. The molecule has 1 aliphatic heterocycles. The normalized spacial score (nSPS) is 20.3. The Morgan fingerprint density at radius 2 is 2.00 bits per heavy atom. The molecule has 1 fully saturated rings. The molecule has 1 aliphatic rings. The topological polar surface area (TPSA) is 32.5 Å². The second-order valence-corrected chi connectivity index (χ2v) is 5.94. The Balaban J connectivity index is 1.74. The lowest BCUT2D eigenvalue weighted by atomic mass is 10.1. The fourth-order valence-corrected chi connectivity index (χ4v) is 2.99. The Hall–Kier alpha value is -1.06. The summed E-state index contributed by atoms with van der Waals surface area (Å²) in [5.41, 5.74) is 7.96. The second kappa shape index (κ2) is 6.92. The first kappa shape index (κ1) is 14.4. The van der Waals surface area contributed by atoms with Crippen LogP contribution in [0.25, 0.3) is 0 Å². The van der Waals surface area contributed by atoms with Crippen LogP contribution in [0, 0.1) is 0 Å². The van der Waals surface area contributed by atoms with Crippen molar-refractivity contribution in [2.45, 2.75) is 31.7 Å². The van der Waals surface area contributed by atoms with E-state index in [1.807, 2.05) is 12.1 Å². The zero-order valence-electron chi connectivity index (χ0n) is 12.3. The van der Waals surface area contributed by atoms with Crippen molar-refractivity contribution in [3.05, 3.63) is 29.8 Å². The fourth-order valence-electron chi connectivity index (χ4n) is 2.99. The van der Waals surface area contributed by atoms with E-state index in [4.69, 9.17) is 5.73 Å². The highest BCUT2D eigenvalue weighted by atomic mass is 15.2. The number of nitrogen functional groups attached to an aromatic ring is 1. The van der Waals surface area contributed by atoms with Crippen molar-refractivity contribution in [1.29, 1.82) is 0 Å². The van der Waals surface area contributed by atoms with Gasteiger partial charge in [-0.2, -0.15) is 0 Å². The summed E-state index contributed by atoms with van der Waals surface area (Å²) in [6.07, 6.45) is 5.12. The van der Waals surface area contributed by atoms with Crippen LogP contribution in [0.4, 0.5) is 5.69 Å². The molecule has 1 saturated heterocycles. The van der Waals surface area contributed by atoms with Gasteiger partial charge < -0.3 is 10.6 Å². The minimum atomic E-state index is 0.765. The first-order valence-electron chi connectivity index (χ1n) is 7.38. The number of likely N-dealkylation sites (N-methyl/N-ethyl adjacent to an activating group) is 1. The van der Waals surface area contributed by atoms with Crippen LogP contribution < -0.4 is 5.73 Å². The van der Waals surface area contributed by atoms with Crippen LogP contribution in [0.1, 0.15) is 24.8 Å². The molecular weight excluding hydrogens is 234 g/mol. The summed E-state index contributed by atoms with van der Waals surface area (Å²) < 4.78 is 0. The molecule has 0 amide bonds. The van der Waals surface area contributed by atoms with E-state index in [0.717, 1.165) is 18.2 Å². The average molecular weight is 261 g/mol. The highest BCUT2D eigenvalue weighted by Crippen LogP contribution is 2.18. The molecule has 0 aromatic heterocycles. The molecule has 1 heterocycles. The van der Waals surface area contributed by atoms with Crippen LogP contribution in [0.5, 0.6) is 0 Å². The molecule has 3 heteroatoms. The molecule has 1 aromatic rings. The van der Waals surface area contributed by atoms with Crippen LogP contribution in [0.3, 0.4) is 0 Å². The van der Waals surface area contributed by atoms with Gasteiger partial charge in [-0.15, -0.1) is 0 Å². The number of hydrogen-bond acceptors (Lipinski definition) is 3. The number of likely N-dealkylation sites (tertiary alicyclic amines) is 1. The Labute approximate surface area is 117 Å². The summed E-state index contributed by atoms with van der Waals surface area (Å²) in [7, 11) is 4.34. The van der Waals surface area contributed by atoms with Crippen LogP contribution in [-0.2, 0) is 6.42 Å². The highest BCUT2D eigenvalue weighted by molar-refractivity contribution is 5.39. The van der Waals surface area contributed by atoms with Gasteiger partial charge in [-0.25, -0.2) is 0 Å². The average Bonchev–Trinajstić information content (AvgIpc) is 2.78. The van der Waals surface area contributed by atoms with Crippen molar-refractivity contribution >= 4 is 5.69 Å². The lowest BCUT2D eigenvalue weighted by Gasteiger charge is -2.26. The molecule has 19 heavy (non-hydrogen) atoms. The van der Waals surface area contributed by atoms with E-state index in [0.29, 0.717) is 0 Å². The van der Waals surface area contributed by atoms with Crippen LogP contribution >= 0.6 is 0 Å². The molecule has 2 N–H and O–H groups in total.